The molecule has 1 aromatic rings. The molecule has 2 rings (SSSR count). The molecule has 1 aliphatic rings. The number of hydrogen-bond acceptors (Lipinski definition) is 4. The summed E-state index contributed by atoms with van der Waals surface area (Å²) in [5.74, 6) is -0.160. The lowest BCUT2D eigenvalue weighted by molar-refractivity contribution is -0.189. The van der Waals surface area contributed by atoms with Crippen molar-refractivity contribution in [1.82, 2.24) is 0 Å². The van der Waals surface area contributed by atoms with Gasteiger partial charge in [0.25, 0.3) is 0 Å². The van der Waals surface area contributed by atoms with Crippen LogP contribution in [0.2, 0.25) is 0 Å². The van der Waals surface area contributed by atoms with E-state index in [4.69, 9.17) is 14.2 Å². The Bertz CT molecular complexity index is 489. The van der Waals surface area contributed by atoms with Gasteiger partial charge in [-0.05, 0) is 46.1 Å². The smallest absolute Gasteiger partial charge is 0.314 e. The zero-order valence-corrected chi connectivity index (χ0v) is 14.6. The Morgan fingerprint density at radius 1 is 1.13 bits per heavy atom. The fraction of sp³-hybridized carbons (Fsp3) is 0.632. The molecule has 0 saturated heterocycles. The average Bonchev–Trinajstić information content (AvgIpc) is 2.45. The van der Waals surface area contributed by atoms with E-state index < -0.39 is 5.41 Å². The number of hydrogen-bond donors (Lipinski definition) is 0. The minimum absolute atomic E-state index is 0.0886. The van der Waals surface area contributed by atoms with Crippen molar-refractivity contribution in [2.75, 3.05) is 6.61 Å². The van der Waals surface area contributed by atoms with Gasteiger partial charge in [-0.3, -0.25) is 4.79 Å². The minimum atomic E-state index is -0.546. The average molecular weight is 320 g/mol. The molecule has 0 spiro atoms. The van der Waals surface area contributed by atoms with Gasteiger partial charge in [-0.1, -0.05) is 30.3 Å². The van der Waals surface area contributed by atoms with E-state index in [0.29, 0.717) is 26.1 Å². The van der Waals surface area contributed by atoms with E-state index >= 15 is 0 Å². The highest BCUT2D eigenvalue weighted by Gasteiger charge is 2.52. The summed E-state index contributed by atoms with van der Waals surface area (Å²) in [4.78, 5) is 12.4. The molecule has 0 atom stereocenters. The molecule has 0 radical (unpaired) electrons. The van der Waals surface area contributed by atoms with Crippen molar-refractivity contribution in [2.45, 2.75) is 65.5 Å². The number of carbonyl (C=O) groups excluding carboxylic acids is 1. The van der Waals surface area contributed by atoms with Crippen LogP contribution in [0.3, 0.4) is 0 Å². The maximum atomic E-state index is 12.4. The molecule has 0 amide bonds. The van der Waals surface area contributed by atoms with E-state index in [1.165, 1.54) is 0 Å². The Labute approximate surface area is 139 Å². The second-order valence-electron chi connectivity index (χ2n) is 6.92. The van der Waals surface area contributed by atoms with E-state index in [1.54, 1.807) is 0 Å². The van der Waals surface area contributed by atoms with Gasteiger partial charge in [-0.2, -0.15) is 0 Å². The maximum Gasteiger partial charge on any atom is 0.314 e. The van der Waals surface area contributed by atoms with Crippen molar-refractivity contribution >= 4 is 5.97 Å². The Hall–Kier alpha value is -1.39. The van der Waals surface area contributed by atoms with Crippen LogP contribution in [0, 0.1) is 5.41 Å². The van der Waals surface area contributed by atoms with E-state index in [-0.39, 0.29) is 24.3 Å². The number of esters is 1. The summed E-state index contributed by atoms with van der Waals surface area (Å²) in [5, 5.41) is 0. The molecule has 4 heteroatoms. The van der Waals surface area contributed by atoms with Gasteiger partial charge in [0.2, 0.25) is 0 Å². The third-order valence-electron chi connectivity index (χ3n) is 4.03. The third kappa shape index (κ3) is 5.05. The topological polar surface area (TPSA) is 44.8 Å². The van der Waals surface area contributed by atoms with Crippen molar-refractivity contribution in [3.8, 4) is 0 Å². The van der Waals surface area contributed by atoms with Crippen LogP contribution in [0.15, 0.2) is 30.3 Å². The molecule has 1 aromatic carbocycles. The van der Waals surface area contributed by atoms with Gasteiger partial charge in [0.15, 0.2) is 0 Å². The largest absolute Gasteiger partial charge is 0.462 e. The lowest BCUT2D eigenvalue weighted by atomic mass is 9.67. The van der Waals surface area contributed by atoms with Crippen LogP contribution in [-0.2, 0) is 25.6 Å². The summed E-state index contributed by atoms with van der Waals surface area (Å²) in [7, 11) is 0. The maximum absolute atomic E-state index is 12.4. The van der Waals surface area contributed by atoms with Gasteiger partial charge in [0.1, 0.15) is 0 Å². The summed E-state index contributed by atoms with van der Waals surface area (Å²) in [6.07, 6.45) is 1.41. The van der Waals surface area contributed by atoms with Crippen LogP contribution in [0.25, 0.3) is 0 Å². The summed E-state index contributed by atoms with van der Waals surface area (Å²) in [5.41, 5.74) is 0.601. The second-order valence-corrected chi connectivity index (χ2v) is 6.92. The molecule has 0 heterocycles. The molecule has 1 aliphatic carbocycles. The van der Waals surface area contributed by atoms with Gasteiger partial charge in [-0.25, -0.2) is 0 Å². The highest BCUT2D eigenvalue weighted by Crippen LogP contribution is 2.45. The summed E-state index contributed by atoms with van der Waals surface area (Å²) in [6.45, 7) is 8.67. The number of benzene rings is 1. The zero-order chi connectivity index (χ0) is 16.9. The van der Waals surface area contributed by atoms with Crippen LogP contribution >= 0.6 is 0 Å². The highest BCUT2D eigenvalue weighted by atomic mass is 16.6. The number of rotatable bonds is 8. The Morgan fingerprint density at radius 3 is 2.35 bits per heavy atom. The predicted octanol–water partition coefficient (Wildman–Crippen LogP) is 3.73. The summed E-state index contributed by atoms with van der Waals surface area (Å²) < 4.78 is 17.1. The molecule has 0 unspecified atom stereocenters. The molecule has 23 heavy (non-hydrogen) atoms. The van der Waals surface area contributed by atoms with Gasteiger partial charge in [0, 0.05) is 0 Å². The first kappa shape index (κ1) is 18.0. The fourth-order valence-electron chi connectivity index (χ4n) is 2.73. The Kier molecular flexibility index (Phi) is 6.19. The lowest BCUT2D eigenvalue weighted by Crippen LogP contribution is -2.52. The van der Waals surface area contributed by atoms with Crippen molar-refractivity contribution in [3.05, 3.63) is 35.9 Å². The van der Waals surface area contributed by atoms with E-state index in [2.05, 4.69) is 0 Å². The molecule has 4 nitrogen and oxygen atoms in total. The molecule has 0 N–H and O–H groups in total. The van der Waals surface area contributed by atoms with Crippen LogP contribution in [0.4, 0.5) is 0 Å². The van der Waals surface area contributed by atoms with Gasteiger partial charge in [0.05, 0.1) is 36.9 Å². The van der Waals surface area contributed by atoms with Gasteiger partial charge < -0.3 is 14.2 Å². The molecular formula is C19H28O4. The SMILES string of the molecule is CC(C)OCC1(C(=O)OC(C)C)CC(OCc2ccccc2)C1. The fourth-order valence-corrected chi connectivity index (χ4v) is 2.73. The zero-order valence-electron chi connectivity index (χ0n) is 14.6. The molecule has 0 aliphatic heterocycles. The van der Waals surface area contributed by atoms with Crippen LogP contribution < -0.4 is 0 Å². The Balaban J connectivity index is 1.88. The van der Waals surface area contributed by atoms with Crippen molar-refractivity contribution in [1.29, 1.82) is 0 Å². The first-order valence-corrected chi connectivity index (χ1v) is 8.39. The van der Waals surface area contributed by atoms with E-state index in [0.717, 1.165) is 5.56 Å². The number of ether oxygens (including phenoxy) is 3. The van der Waals surface area contributed by atoms with Gasteiger partial charge in [-0.15, -0.1) is 0 Å². The molecular weight excluding hydrogens is 292 g/mol. The van der Waals surface area contributed by atoms with E-state index in [9.17, 15) is 4.79 Å². The molecule has 1 fully saturated rings. The summed E-state index contributed by atoms with van der Waals surface area (Å²) >= 11 is 0. The van der Waals surface area contributed by atoms with Gasteiger partial charge >= 0.3 is 5.97 Å². The minimum Gasteiger partial charge on any atom is -0.462 e. The van der Waals surface area contributed by atoms with Crippen LogP contribution in [0.5, 0.6) is 0 Å². The van der Waals surface area contributed by atoms with Crippen LogP contribution in [-0.4, -0.2) is 30.9 Å². The first-order valence-electron chi connectivity index (χ1n) is 8.39. The highest BCUT2D eigenvalue weighted by molar-refractivity contribution is 5.78. The first-order chi connectivity index (χ1) is 10.9. The lowest BCUT2D eigenvalue weighted by Gasteiger charge is -2.45. The monoisotopic (exact) mass is 320 g/mol. The van der Waals surface area contributed by atoms with Crippen molar-refractivity contribution < 1.29 is 19.0 Å². The molecule has 128 valence electrons. The van der Waals surface area contributed by atoms with E-state index in [1.807, 2.05) is 58.0 Å². The molecule has 1 saturated carbocycles. The second kappa shape index (κ2) is 7.93. The molecule has 0 bridgehead atoms. The van der Waals surface area contributed by atoms with Crippen molar-refractivity contribution in [2.24, 2.45) is 5.41 Å². The standard InChI is InChI=1S/C19H28O4/c1-14(2)22-13-19(18(20)23-15(3)4)10-17(11-19)21-12-16-8-6-5-7-9-16/h5-9,14-15,17H,10-13H2,1-4H3. The Morgan fingerprint density at radius 2 is 1.78 bits per heavy atom. The van der Waals surface area contributed by atoms with Crippen molar-refractivity contribution in [3.63, 3.8) is 0 Å². The van der Waals surface area contributed by atoms with Crippen LogP contribution in [0.1, 0.15) is 46.1 Å². The predicted molar refractivity (Wildman–Crippen MR) is 89.0 cm³/mol. The third-order valence-corrected chi connectivity index (χ3v) is 4.03. The number of carbonyl (C=O) groups is 1. The quantitative estimate of drug-likeness (QED) is 0.685. The normalized spacial score (nSPS) is 23.8. The molecule has 0 aromatic heterocycles. The summed E-state index contributed by atoms with van der Waals surface area (Å²) in [6, 6.07) is 10.1.